The third kappa shape index (κ3) is 1.70. The molecule has 2 heteroatoms. The second kappa shape index (κ2) is 3.98. The van der Waals surface area contributed by atoms with E-state index in [9.17, 15) is 4.79 Å². The zero-order chi connectivity index (χ0) is 12.6. The molecule has 0 spiro atoms. The molecule has 0 heterocycles. The summed E-state index contributed by atoms with van der Waals surface area (Å²) in [5.41, 5.74) is 8.50. The molecule has 1 aliphatic carbocycles. The standard InChI is InChI=1S/C16H15NO/c17-15(18)16(10-11-16)14-8-6-13(7-9-14)12-4-2-1-3-5-12/h1-9H,10-11H2,(H2,17,18). The average molecular weight is 237 g/mol. The van der Waals surface area contributed by atoms with Gasteiger partial charge in [-0.2, -0.15) is 0 Å². The van der Waals surface area contributed by atoms with E-state index in [1.165, 1.54) is 11.1 Å². The molecule has 0 saturated heterocycles. The first kappa shape index (κ1) is 11.0. The predicted octanol–water partition coefficient (Wildman–Crippen LogP) is 2.87. The van der Waals surface area contributed by atoms with Crippen molar-refractivity contribution in [3.05, 3.63) is 60.2 Å². The van der Waals surface area contributed by atoms with Gasteiger partial charge in [0.05, 0.1) is 5.41 Å². The molecule has 1 amide bonds. The molecule has 0 aliphatic heterocycles. The van der Waals surface area contributed by atoms with E-state index in [1.54, 1.807) is 0 Å². The fraction of sp³-hybridized carbons (Fsp3) is 0.188. The van der Waals surface area contributed by atoms with Crippen LogP contribution >= 0.6 is 0 Å². The Hall–Kier alpha value is -2.09. The van der Waals surface area contributed by atoms with Crippen molar-refractivity contribution in [3.8, 4) is 11.1 Å². The molecule has 0 atom stereocenters. The third-order valence-corrected chi connectivity index (χ3v) is 3.77. The summed E-state index contributed by atoms with van der Waals surface area (Å²) < 4.78 is 0. The lowest BCUT2D eigenvalue weighted by atomic mass is 9.93. The van der Waals surface area contributed by atoms with Crippen LogP contribution in [0.2, 0.25) is 0 Å². The Kier molecular flexibility index (Phi) is 2.44. The van der Waals surface area contributed by atoms with Crippen molar-refractivity contribution >= 4 is 5.91 Å². The largest absolute Gasteiger partial charge is 0.369 e. The highest BCUT2D eigenvalue weighted by Gasteiger charge is 2.49. The molecule has 2 aromatic carbocycles. The molecule has 1 fully saturated rings. The topological polar surface area (TPSA) is 43.1 Å². The number of hydrogen-bond donors (Lipinski definition) is 1. The predicted molar refractivity (Wildman–Crippen MR) is 72.0 cm³/mol. The quantitative estimate of drug-likeness (QED) is 0.876. The van der Waals surface area contributed by atoms with E-state index in [4.69, 9.17) is 5.73 Å². The van der Waals surface area contributed by atoms with E-state index in [2.05, 4.69) is 24.3 Å². The Morgan fingerprint density at radius 1 is 0.889 bits per heavy atom. The number of rotatable bonds is 3. The summed E-state index contributed by atoms with van der Waals surface area (Å²) in [7, 11) is 0. The maximum atomic E-state index is 11.5. The van der Waals surface area contributed by atoms with Gasteiger partial charge in [-0.05, 0) is 29.5 Å². The second-order valence-electron chi connectivity index (χ2n) is 4.89. The van der Waals surface area contributed by atoms with Crippen LogP contribution in [0.4, 0.5) is 0 Å². The van der Waals surface area contributed by atoms with Crippen molar-refractivity contribution in [2.45, 2.75) is 18.3 Å². The summed E-state index contributed by atoms with van der Waals surface area (Å²) in [6.45, 7) is 0. The lowest BCUT2D eigenvalue weighted by Gasteiger charge is -2.11. The Morgan fingerprint density at radius 2 is 1.44 bits per heavy atom. The Bertz CT molecular complexity index is 568. The van der Waals surface area contributed by atoms with Gasteiger partial charge in [-0.1, -0.05) is 54.6 Å². The van der Waals surface area contributed by atoms with Crippen molar-refractivity contribution in [1.29, 1.82) is 0 Å². The minimum Gasteiger partial charge on any atom is -0.369 e. The summed E-state index contributed by atoms with van der Waals surface area (Å²) in [6.07, 6.45) is 1.76. The van der Waals surface area contributed by atoms with Crippen LogP contribution in [0.1, 0.15) is 18.4 Å². The Balaban J connectivity index is 1.93. The lowest BCUT2D eigenvalue weighted by molar-refractivity contribution is -0.120. The smallest absolute Gasteiger partial charge is 0.228 e. The van der Waals surface area contributed by atoms with Crippen molar-refractivity contribution < 1.29 is 4.79 Å². The van der Waals surface area contributed by atoms with Gasteiger partial charge in [-0.3, -0.25) is 4.79 Å². The van der Waals surface area contributed by atoms with Gasteiger partial charge in [0.15, 0.2) is 0 Å². The van der Waals surface area contributed by atoms with Crippen molar-refractivity contribution in [2.75, 3.05) is 0 Å². The lowest BCUT2D eigenvalue weighted by Crippen LogP contribution is -2.28. The van der Waals surface area contributed by atoms with Crippen molar-refractivity contribution in [2.24, 2.45) is 5.73 Å². The van der Waals surface area contributed by atoms with Gasteiger partial charge in [0.1, 0.15) is 0 Å². The minimum atomic E-state index is -0.380. The van der Waals surface area contributed by atoms with E-state index in [0.29, 0.717) is 0 Å². The van der Waals surface area contributed by atoms with E-state index < -0.39 is 0 Å². The van der Waals surface area contributed by atoms with Gasteiger partial charge in [-0.15, -0.1) is 0 Å². The molecule has 2 aromatic rings. The zero-order valence-corrected chi connectivity index (χ0v) is 10.1. The van der Waals surface area contributed by atoms with Crippen LogP contribution in [0.25, 0.3) is 11.1 Å². The minimum absolute atomic E-state index is 0.199. The third-order valence-electron chi connectivity index (χ3n) is 3.77. The van der Waals surface area contributed by atoms with Gasteiger partial charge in [0, 0.05) is 0 Å². The number of carbonyl (C=O) groups is 1. The van der Waals surface area contributed by atoms with Crippen molar-refractivity contribution in [1.82, 2.24) is 0 Å². The molecule has 3 rings (SSSR count). The van der Waals surface area contributed by atoms with Crippen LogP contribution in [-0.4, -0.2) is 5.91 Å². The van der Waals surface area contributed by atoms with Crippen molar-refractivity contribution in [3.63, 3.8) is 0 Å². The summed E-state index contributed by atoms with van der Waals surface area (Å²) in [4.78, 5) is 11.5. The Morgan fingerprint density at radius 3 is 1.94 bits per heavy atom. The molecule has 2 N–H and O–H groups in total. The summed E-state index contributed by atoms with van der Waals surface area (Å²) in [5, 5.41) is 0. The first-order valence-electron chi connectivity index (χ1n) is 6.18. The maximum absolute atomic E-state index is 11.5. The molecule has 0 bridgehead atoms. The highest BCUT2D eigenvalue weighted by molar-refractivity contribution is 5.90. The molecule has 1 saturated carbocycles. The average Bonchev–Trinajstić information content (AvgIpc) is 3.22. The monoisotopic (exact) mass is 237 g/mol. The van der Waals surface area contributed by atoms with E-state index in [1.807, 2.05) is 30.3 Å². The molecule has 18 heavy (non-hydrogen) atoms. The number of nitrogens with two attached hydrogens (primary N) is 1. The number of amides is 1. The second-order valence-corrected chi connectivity index (χ2v) is 4.89. The van der Waals surface area contributed by atoms with Crippen LogP contribution in [0.15, 0.2) is 54.6 Å². The van der Waals surface area contributed by atoms with E-state index >= 15 is 0 Å². The van der Waals surface area contributed by atoms with Crippen LogP contribution in [0, 0.1) is 0 Å². The molecule has 0 aromatic heterocycles. The highest BCUT2D eigenvalue weighted by Crippen LogP contribution is 2.48. The number of carbonyl (C=O) groups excluding carboxylic acids is 1. The van der Waals surface area contributed by atoms with Crippen LogP contribution < -0.4 is 5.73 Å². The van der Waals surface area contributed by atoms with Gasteiger partial charge in [-0.25, -0.2) is 0 Å². The molecule has 1 aliphatic rings. The fourth-order valence-corrected chi connectivity index (χ4v) is 2.41. The zero-order valence-electron chi connectivity index (χ0n) is 10.1. The summed E-state index contributed by atoms with van der Waals surface area (Å²) in [5.74, 6) is -0.199. The first-order valence-corrected chi connectivity index (χ1v) is 6.18. The molecule has 0 radical (unpaired) electrons. The van der Waals surface area contributed by atoms with E-state index in [0.717, 1.165) is 18.4 Å². The highest BCUT2D eigenvalue weighted by atomic mass is 16.1. The number of benzene rings is 2. The van der Waals surface area contributed by atoms with Gasteiger partial charge < -0.3 is 5.73 Å². The molecular weight excluding hydrogens is 222 g/mol. The van der Waals surface area contributed by atoms with E-state index in [-0.39, 0.29) is 11.3 Å². The molecule has 90 valence electrons. The summed E-state index contributed by atoms with van der Waals surface area (Å²) in [6, 6.07) is 18.4. The van der Waals surface area contributed by atoms with Crippen LogP contribution in [-0.2, 0) is 10.2 Å². The fourth-order valence-electron chi connectivity index (χ4n) is 2.41. The first-order chi connectivity index (χ1) is 8.72. The molecule has 2 nitrogen and oxygen atoms in total. The number of primary amides is 1. The number of hydrogen-bond acceptors (Lipinski definition) is 1. The van der Waals surface area contributed by atoms with Crippen LogP contribution in [0.3, 0.4) is 0 Å². The normalized spacial score (nSPS) is 16.2. The Labute approximate surface area is 106 Å². The molecule has 0 unspecified atom stereocenters. The van der Waals surface area contributed by atoms with Gasteiger partial charge in [0.25, 0.3) is 0 Å². The maximum Gasteiger partial charge on any atom is 0.228 e. The molecular formula is C16H15NO. The van der Waals surface area contributed by atoms with Gasteiger partial charge >= 0.3 is 0 Å². The summed E-state index contributed by atoms with van der Waals surface area (Å²) >= 11 is 0. The SMILES string of the molecule is NC(=O)C1(c2ccc(-c3ccccc3)cc2)CC1. The van der Waals surface area contributed by atoms with Gasteiger partial charge in [0.2, 0.25) is 5.91 Å². The van der Waals surface area contributed by atoms with Crippen LogP contribution in [0.5, 0.6) is 0 Å².